The Morgan fingerprint density at radius 1 is 1.08 bits per heavy atom. The molecular formula is C17H23F2O5-. The lowest BCUT2D eigenvalue weighted by atomic mass is 9.48. The van der Waals surface area contributed by atoms with Crippen molar-refractivity contribution in [1.82, 2.24) is 0 Å². The van der Waals surface area contributed by atoms with Crippen LogP contribution in [0.2, 0.25) is 0 Å². The number of carbonyl (C=O) groups excluding carboxylic acids is 2. The van der Waals surface area contributed by atoms with E-state index in [1.807, 2.05) is 0 Å². The summed E-state index contributed by atoms with van der Waals surface area (Å²) in [5.74, 6) is -2.76. The molecule has 4 aliphatic carbocycles. The van der Waals surface area contributed by atoms with Crippen LogP contribution >= 0.6 is 0 Å². The van der Waals surface area contributed by atoms with Gasteiger partial charge in [0, 0.05) is 0 Å². The Hall–Kier alpha value is -1.24. The molecule has 4 saturated carbocycles. The number of halogens is 2. The number of hydrogen-bond donors (Lipinski definition) is 0. The lowest BCUT2D eigenvalue weighted by Crippen LogP contribution is -2.62. The predicted molar refractivity (Wildman–Crippen MR) is 76.7 cm³/mol. The van der Waals surface area contributed by atoms with Crippen LogP contribution in [0.15, 0.2) is 0 Å². The number of alkyl halides is 2. The highest BCUT2D eigenvalue weighted by molar-refractivity contribution is 5.78. The van der Waals surface area contributed by atoms with Gasteiger partial charge in [0.1, 0.15) is 11.6 Å². The van der Waals surface area contributed by atoms with Gasteiger partial charge < -0.3 is 19.4 Å². The normalized spacial score (nSPS) is 38.2. The predicted octanol–water partition coefficient (Wildman–Crippen LogP) is 2.03. The molecule has 2 unspecified atom stereocenters. The van der Waals surface area contributed by atoms with E-state index in [2.05, 4.69) is 0 Å². The smallest absolute Gasteiger partial charge is 0.398 e. The number of carboxylic acids is 1. The molecule has 0 amide bonds. The van der Waals surface area contributed by atoms with Gasteiger partial charge in [-0.15, -0.1) is 0 Å². The van der Waals surface area contributed by atoms with E-state index in [1.165, 1.54) is 0 Å². The molecule has 5 nitrogen and oxygen atoms in total. The third-order valence-electron chi connectivity index (χ3n) is 5.42. The maximum Gasteiger partial charge on any atom is 0.398 e. The molecule has 0 aromatic rings. The van der Waals surface area contributed by atoms with Crippen LogP contribution in [-0.4, -0.2) is 29.2 Å². The van der Waals surface area contributed by atoms with Gasteiger partial charge >= 0.3 is 12.1 Å². The Morgan fingerprint density at radius 2 is 1.62 bits per heavy atom. The zero-order chi connectivity index (χ0) is 18.0. The van der Waals surface area contributed by atoms with Gasteiger partial charge in [0.25, 0.3) is 0 Å². The summed E-state index contributed by atoms with van der Waals surface area (Å²) in [4.78, 5) is 23.4. The molecule has 7 heteroatoms. The van der Waals surface area contributed by atoms with Crippen molar-refractivity contribution in [3.8, 4) is 0 Å². The highest BCUT2D eigenvalue weighted by atomic mass is 19.3. The van der Waals surface area contributed by atoms with Gasteiger partial charge in [0.05, 0.1) is 11.0 Å². The van der Waals surface area contributed by atoms with Crippen molar-refractivity contribution < 1.29 is 33.0 Å². The van der Waals surface area contributed by atoms with E-state index in [0.717, 1.165) is 6.42 Å². The Balaban J connectivity index is 1.87. The summed E-state index contributed by atoms with van der Waals surface area (Å²) in [6.07, 6.45) is -1.48. The molecule has 0 heterocycles. The minimum absolute atomic E-state index is 0.0799. The van der Waals surface area contributed by atoms with E-state index in [-0.39, 0.29) is 24.2 Å². The van der Waals surface area contributed by atoms with Gasteiger partial charge in [-0.3, -0.25) is 4.79 Å². The number of rotatable bonds is 4. The van der Waals surface area contributed by atoms with Gasteiger partial charge in [-0.25, -0.2) is 0 Å². The Morgan fingerprint density at radius 3 is 2.08 bits per heavy atom. The number of ether oxygens (including phenoxy) is 2. The van der Waals surface area contributed by atoms with E-state index in [9.17, 15) is 23.5 Å². The average molecular weight is 345 g/mol. The molecule has 0 aromatic carbocycles. The lowest BCUT2D eigenvalue weighted by molar-refractivity contribution is -0.387. The third-order valence-corrected chi connectivity index (χ3v) is 5.42. The van der Waals surface area contributed by atoms with E-state index in [4.69, 9.17) is 9.47 Å². The van der Waals surface area contributed by atoms with Gasteiger partial charge in [-0.1, -0.05) is 0 Å². The molecule has 0 N–H and O–H groups in total. The fourth-order valence-corrected chi connectivity index (χ4v) is 5.24. The summed E-state index contributed by atoms with van der Waals surface area (Å²) in [5, 5.41) is 10.7. The van der Waals surface area contributed by atoms with Crippen LogP contribution < -0.4 is 5.11 Å². The largest absolute Gasteiger partial charge is 0.542 e. The summed E-state index contributed by atoms with van der Waals surface area (Å²) >= 11 is 0. The molecule has 0 aromatic heterocycles. The Bertz CT molecular complexity index is 552. The SMILES string of the molecule is CC(C)(C)OC(=O)C12CC3CC(CC(OC(F)(F)C(=O)[O-])(C3)C1)C2. The first-order valence-electron chi connectivity index (χ1n) is 8.38. The van der Waals surface area contributed by atoms with Crippen molar-refractivity contribution >= 4 is 11.9 Å². The van der Waals surface area contributed by atoms with Crippen molar-refractivity contribution in [1.29, 1.82) is 0 Å². The minimum Gasteiger partial charge on any atom is -0.542 e. The number of carbonyl (C=O) groups is 2. The molecule has 4 rings (SSSR count). The molecule has 4 bridgehead atoms. The first kappa shape index (κ1) is 17.6. The molecule has 136 valence electrons. The van der Waals surface area contributed by atoms with Gasteiger partial charge in [0.15, 0.2) is 0 Å². The van der Waals surface area contributed by atoms with Crippen LogP contribution in [0.3, 0.4) is 0 Å². The zero-order valence-corrected chi connectivity index (χ0v) is 14.2. The minimum atomic E-state index is -4.35. The Labute approximate surface area is 139 Å². The number of carboxylic acid groups (broad SMARTS) is 1. The molecule has 2 atom stereocenters. The second kappa shape index (κ2) is 5.13. The van der Waals surface area contributed by atoms with Crippen LogP contribution in [0.1, 0.15) is 59.3 Å². The summed E-state index contributed by atoms with van der Waals surface area (Å²) in [6, 6.07) is 0. The van der Waals surface area contributed by atoms with Gasteiger partial charge in [-0.2, -0.15) is 8.78 Å². The number of hydrogen-bond acceptors (Lipinski definition) is 5. The molecule has 0 saturated heterocycles. The van der Waals surface area contributed by atoms with Gasteiger partial charge in [-0.05, 0) is 71.1 Å². The maximum atomic E-state index is 13.7. The van der Waals surface area contributed by atoms with Crippen LogP contribution in [-0.2, 0) is 19.1 Å². The molecule has 0 radical (unpaired) electrons. The second-order valence-corrected chi connectivity index (χ2v) is 8.83. The maximum absolute atomic E-state index is 13.7. The summed E-state index contributed by atoms with van der Waals surface area (Å²) in [5.41, 5.74) is -2.80. The molecule has 0 spiro atoms. The van der Waals surface area contributed by atoms with Crippen molar-refractivity contribution in [3.63, 3.8) is 0 Å². The summed E-state index contributed by atoms with van der Waals surface area (Å²) in [7, 11) is 0. The van der Waals surface area contributed by atoms with Crippen LogP contribution in [0.25, 0.3) is 0 Å². The third kappa shape index (κ3) is 3.03. The molecule has 0 aliphatic heterocycles. The van der Waals surface area contributed by atoms with Gasteiger partial charge in [0.2, 0.25) is 0 Å². The van der Waals surface area contributed by atoms with E-state index < -0.39 is 28.7 Å². The molecule has 4 aliphatic rings. The summed E-state index contributed by atoms with van der Waals surface area (Å²) in [6.45, 7) is 5.30. The average Bonchev–Trinajstić information content (AvgIpc) is 2.33. The van der Waals surface area contributed by atoms with E-state index in [1.54, 1.807) is 20.8 Å². The topological polar surface area (TPSA) is 75.7 Å². The Kier molecular flexibility index (Phi) is 3.76. The highest BCUT2D eigenvalue weighted by Crippen LogP contribution is 2.64. The second-order valence-electron chi connectivity index (χ2n) is 8.83. The van der Waals surface area contributed by atoms with Crippen molar-refractivity contribution in [3.05, 3.63) is 0 Å². The number of esters is 1. The molecular weight excluding hydrogens is 322 g/mol. The summed E-state index contributed by atoms with van der Waals surface area (Å²) < 4.78 is 37.6. The van der Waals surface area contributed by atoms with Crippen molar-refractivity contribution in [2.75, 3.05) is 0 Å². The standard InChI is InChI=1S/C17H24F2O5/c1-14(2,3)23-13(22)15-5-10-4-11(6-15)8-16(7-10,9-15)24-17(18,19)12(20)21/h10-11H,4-9H2,1-3H3,(H,20,21)/p-1. The fraction of sp³-hybridized carbons (Fsp3) is 0.882. The first-order chi connectivity index (χ1) is 10.8. The monoisotopic (exact) mass is 345 g/mol. The highest BCUT2D eigenvalue weighted by Gasteiger charge is 2.64. The zero-order valence-electron chi connectivity index (χ0n) is 14.2. The lowest BCUT2D eigenvalue weighted by Gasteiger charge is -2.60. The fourth-order valence-electron chi connectivity index (χ4n) is 5.24. The van der Waals surface area contributed by atoms with Crippen molar-refractivity contribution in [2.24, 2.45) is 17.3 Å². The van der Waals surface area contributed by atoms with Crippen LogP contribution in [0.4, 0.5) is 8.78 Å². The quantitative estimate of drug-likeness (QED) is 0.729. The van der Waals surface area contributed by atoms with E-state index in [0.29, 0.717) is 25.7 Å². The molecule has 4 fully saturated rings. The van der Waals surface area contributed by atoms with Crippen molar-refractivity contribution in [2.45, 2.75) is 76.6 Å². The van der Waals surface area contributed by atoms with E-state index >= 15 is 0 Å². The first-order valence-corrected chi connectivity index (χ1v) is 8.38. The van der Waals surface area contributed by atoms with Crippen LogP contribution in [0.5, 0.6) is 0 Å². The number of aliphatic carboxylic acids is 1. The van der Waals surface area contributed by atoms with Crippen LogP contribution in [0, 0.1) is 17.3 Å². The molecule has 24 heavy (non-hydrogen) atoms.